The molecule has 2 rings (SSSR count). The lowest BCUT2D eigenvalue weighted by atomic mass is 9.98. The van der Waals surface area contributed by atoms with E-state index in [0.29, 0.717) is 32.7 Å². The van der Waals surface area contributed by atoms with Crippen LogP contribution in [0.15, 0.2) is 0 Å². The Hall–Kier alpha value is -0.850. The minimum atomic E-state index is -0.342. The molecule has 2 heterocycles. The molecular weight excluding hydrogens is 282 g/mol. The summed E-state index contributed by atoms with van der Waals surface area (Å²) >= 11 is 0. The first kappa shape index (κ1) is 17.2. The Morgan fingerprint density at radius 1 is 1.45 bits per heavy atom. The van der Waals surface area contributed by atoms with Crippen LogP contribution in [0.5, 0.6) is 0 Å². The van der Waals surface area contributed by atoms with Gasteiger partial charge >= 0.3 is 0 Å². The number of piperazine rings is 1. The van der Waals surface area contributed by atoms with Crippen LogP contribution in [0.2, 0.25) is 0 Å². The summed E-state index contributed by atoms with van der Waals surface area (Å²) in [6.45, 7) is 7.13. The lowest BCUT2D eigenvalue weighted by molar-refractivity contribution is -0.145. The second kappa shape index (κ2) is 7.81. The molecule has 0 spiro atoms. The number of nitrogens with zero attached hydrogens (tertiary/aromatic N) is 1. The third-order valence-corrected chi connectivity index (χ3v) is 3.63. The second-order valence-corrected chi connectivity index (χ2v) is 5.50. The van der Waals surface area contributed by atoms with Crippen molar-refractivity contribution in [3.05, 3.63) is 0 Å². The average molecular weight is 306 g/mol. The number of amides is 2. The van der Waals surface area contributed by atoms with E-state index in [1.54, 1.807) is 4.90 Å². The minimum absolute atomic E-state index is 0. The zero-order valence-corrected chi connectivity index (χ0v) is 12.9. The smallest absolute Gasteiger partial charge is 0.243 e. The molecule has 2 atom stereocenters. The molecule has 0 aromatic carbocycles. The molecule has 7 heteroatoms. The Kier molecular flexibility index (Phi) is 6.71. The highest BCUT2D eigenvalue weighted by Gasteiger charge is 2.35. The molecule has 0 bridgehead atoms. The lowest BCUT2D eigenvalue weighted by Crippen LogP contribution is -2.60. The van der Waals surface area contributed by atoms with Gasteiger partial charge in [-0.25, -0.2) is 0 Å². The Morgan fingerprint density at radius 2 is 2.20 bits per heavy atom. The van der Waals surface area contributed by atoms with Gasteiger partial charge in [-0.1, -0.05) is 13.8 Å². The van der Waals surface area contributed by atoms with E-state index in [0.717, 1.165) is 6.54 Å². The van der Waals surface area contributed by atoms with Gasteiger partial charge in [0.15, 0.2) is 0 Å². The maximum atomic E-state index is 12.4. The van der Waals surface area contributed by atoms with E-state index in [1.165, 1.54) is 0 Å². The van der Waals surface area contributed by atoms with E-state index in [-0.39, 0.29) is 42.2 Å². The molecule has 2 saturated heterocycles. The fourth-order valence-corrected chi connectivity index (χ4v) is 2.71. The predicted molar refractivity (Wildman–Crippen MR) is 77.8 cm³/mol. The minimum Gasteiger partial charge on any atom is -0.378 e. The van der Waals surface area contributed by atoms with E-state index in [4.69, 9.17) is 4.74 Å². The first-order valence-corrected chi connectivity index (χ1v) is 6.98. The second-order valence-electron chi connectivity index (χ2n) is 5.50. The number of halogens is 1. The van der Waals surface area contributed by atoms with E-state index in [2.05, 4.69) is 10.6 Å². The number of hydrogen-bond donors (Lipinski definition) is 2. The van der Waals surface area contributed by atoms with Gasteiger partial charge in [-0.3, -0.25) is 9.59 Å². The van der Waals surface area contributed by atoms with Crippen molar-refractivity contribution in [3.63, 3.8) is 0 Å². The van der Waals surface area contributed by atoms with Crippen LogP contribution in [-0.4, -0.2) is 61.6 Å². The maximum absolute atomic E-state index is 12.4. The van der Waals surface area contributed by atoms with Gasteiger partial charge in [-0.2, -0.15) is 0 Å². The molecule has 2 aliphatic heterocycles. The summed E-state index contributed by atoms with van der Waals surface area (Å²) in [5.41, 5.74) is 0. The Balaban J connectivity index is 0.00000200. The quantitative estimate of drug-likeness (QED) is 0.756. The summed E-state index contributed by atoms with van der Waals surface area (Å²) in [5, 5.41) is 6.10. The van der Waals surface area contributed by atoms with Crippen molar-refractivity contribution in [1.29, 1.82) is 0 Å². The zero-order valence-electron chi connectivity index (χ0n) is 12.1. The van der Waals surface area contributed by atoms with Crippen molar-refractivity contribution in [2.45, 2.75) is 32.4 Å². The van der Waals surface area contributed by atoms with Crippen LogP contribution < -0.4 is 10.6 Å². The van der Waals surface area contributed by atoms with Gasteiger partial charge in [0.25, 0.3) is 0 Å². The normalized spacial score (nSPS) is 26.9. The predicted octanol–water partition coefficient (Wildman–Crippen LogP) is -0.230. The highest BCUT2D eigenvalue weighted by atomic mass is 35.5. The fraction of sp³-hybridized carbons (Fsp3) is 0.846. The van der Waals surface area contributed by atoms with Gasteiger partial charge in [-0.05, 0) is 5.92 Å². The standard InChI is InChI=1S/C13H23N3O3.ClH/c1-9(2)12-13(18)15-3-5-16(12)11(17)7-10-8-19-6-4-14-10;/h9-10,12,14H,3-8H2,1-2H3,(H,15,18);1H. The van der Waals surface area contributed by atoms with Gasteiger partial charge < -0.3 is 20.3 Å². The number of rotatable bonds is 3. The molecule has 2 amide bonds. The Labute approximate surface area is 126 Å². The van der Waals surface area contributed by atoms with E-state index < -0.39 is 0 Å². The molecule has 0 aromatic heterocycles. The van der Waals surface area contributed by atoms with Crippen molar-refractivity contribution in [2.75, 3.05) is 32.8 Å². The number of nitrogens with one attached hydrogen (secondary N) is 2. The topological polar surface area (TPSA) is 70.7 Å². The van der Waals surface area contributed by atoms with Crippen LogP contribution in [0.4, 0.5) is 0 Å². The molecule has 116 valence electrons. The molecule has 0 radical (unpaired) electrons. The SMILES string of the molecule is CC(C)C1C(=O)NCCN1C(=O)CC1COCCN1.Cl. The molecule has 2 unspecified atom stereocenters. The van der Waals surface area contributed by atoms with Gasteiger partial charge in [0, 0.05) is 32.1 Å². The summed E-state index contributed by atoms with van der Waals surface area (Å²) in [6.07, 6.45) is 0.399. The van der Waals surface area contributed by atoms with Crippen molar-refractivity contribution >= 4 is 24.2 Å². The monoisotopic (exact) mass is 305 g/mol. The van der Waals surface area contributed by atoms with Crippen molar-refractivity contribution < 1.29 is 14.3 Å². The van der Waals surface area contributed by atoms with Gasteiger partial charge in [0.1, 0.15) is 6.04 Å². The van der Waals surface area contributed by atoms with Gasteiger partial charge in [0.2, 0.25) is 11.8 Å². The lowest BCUT2D eigenvalue weighted by Gasteiger charge is -2.38. The van der Waals surface area contributed by atoms with Crippen molar-refractivity contribution in [2.24, 2.45) is 5.92 Å². The van der Waals surface area contributed by atoms with Crippen LogP contribution in [0, 0.1) is 5.92 Å². The molecular formula is C13H24ClN3O3. The van der Waals surface area contributed by atoms with Gasteiger partial charge in [0.05, 0.1) is 13.2 Å². The molecule has 6 nitrogen and oxygen atoms in total. The van der Waals surface area contributed by atoms with E-state index in [9.17, 15) is 9.59 Å². The molecule has 2 N–H and O–H groups in total. The maximum Gasteiger partial charge on any atom is 0.243 e. The van der Waals surface area contributed by atoms with Crippen LogP contribution in [0.3, 0.4) is 0 Å². The Morgan fingerprint density at radius 3 is 2.80 bits per heavy atom. The molecule has 2 fully saturated rings. The number of ether oxygens (including phenoxy) is 1. The van der Waals surface area contributed by atoms with E-state index in [1.807, 2.05) is 13.8 Å². The molecule has 20 heavy (non-hydrogen) atoms. The first-order valence-electron chi connectivity index (χ1n) is 6.98. The molecule has 2 aliphatic rings. The third-order valence-electron chi connectivity index (χ3n) is 3.63. The van der Waals surface area contributed by atoms with Crippen LogP contribution in [0.25, 0.3) is 0 Å². The third kappa shape index (κ3) is 4.07. The largest absolute Gasteiger partial charge is 0.378 e. The number of hydrogen-bond acceptors (Lipinski definition) is 4. The van der Waals surface area contributed by atoms with Crippen LogP contribution >= 0.6 is 12.4 Å². The number of morpholine rings is 1. The molecule has 0 saturated carbocycles. The molecule has 0 aliphatic carbocycles. The summed E-state index contributed by atoms with van der Waals surface area (Å²) in [6, 6.07) is -0.273. The van der Waals surface area contributed by atoms with E-state index >= 15 is 0 Å². The van der Waals surface area contributed by atoms with Crippen LogP contribution in [-0.2, 0) is 14.3 Å². The number of carbonyl (C=O) groups is 2. The summed E-state index contributed by atoms with van der Waals surface area (Å²) in [7, 11) is 0. The molecule has 0 aromatic rings. The highest BCUT2D eigenvalue weighted by molar-refractivity contribution is 5.89. The number of carbonyl (C=O) groups excluding carboxylic acids is 2. The highest BCUT2D eigenvalue weighted by Crippen LogP contribution is 2.16. The van der Waals surface area contributed by atoms with Crippen molar-refractivity contribution in [3.8, 4) is 0 Å². The fourth-order valence-electron chi connectivity index (χ4n) is 2.71. The Bertz CT molecular complexity index is 346. The van der Waals surface area contributed by atoms with Crippen LogP contribution in [0.1, 0.15) is 20.3 Å². The summed E-state index contributed by atoms with van der Waals surface area (Å²) in [5.74, 6) is 0.124. The zero-order chi connectivity index (χ0) is 13.8. The average Bonchev–Trinajstić information content (AvgIpc) is 2.39. The first-order chi connectivity index (χ1) is 9.09. The summed E-state index contributed by atoms with van der Waals surface area (Å²) < 4.78 is 5.35. The van der Waals surface area contributed by atoms with Crippen molar-refractivity contribution in [1.82, 2.24) is 15.5 Å². The summed E-state index contributed by atoms with van der Waals surface area (Å²) in [4.78, 5) is 26.0. The van der Waals surface area contributed by atoms with Gasteiger partial charge in [-0.15, -0.1) is 12.4 Å².